The lowest BCUT2D eigenvalue weighted by molar-refractivity contribution is -0.120. The molecule has 0 radical (unpaired) electrons. The van der Waals surface area contributed by atoms with E-state index in [0.29, 0.717) is 30.0 Å². The fourth-order valence-corrected chi connectivity index (χ4v) is 3.80. The van der Waals surface area contributed by atoms with Gasteiger partial charge in [0.2, 0.25) is 0 Å². The van der Waals surface area contributed by atoms with Gasteiger partial charge >= 0.3 is 0 Å². The van der Waals surface area contributed by atoms with Gasteiger partial charge in [0.05, 0.1) is 7.11 Å². The molecule has 2 aliphatic rings. The Morgan fingerprint density at radius 2 is 2.11 bits per heavy atom. The van der Waals surface area contributed by atoms with E-state index in [9.17, 15) is 4.79 Å². The molecule has 18 heavy (non-hydrogen) atoms. The van der Waals surface area contributed by atoms with Crippen molar-refractivity contribution in [2.45, 2.75) is 25.7 Å². The van der Waals surface area contributed by atoms with Crippen molar-refractivity contribution in [2.24, 2.45) is 17.8 Å². The monoisotopic (exact) mass is 308 g/mol. The Balaban J connectivity index is 1.71. The Bertz CT molecular complexity index is 473. The lowest BCUT2D eigenvalue weighted by Crippen LogP contribution is -2.09. The van der Waals surface area contributed by atoms with Crippen molar-refractivity contribution >= 4 is 21.7 Å². The summed E-state index contributed by atoms with van der Waals surface area (Å²) < 4.78 is 6.21. The number of hydrogen-bond acceptors (Lipinski definition) is 2. The summed E-state index contributed by atoms with van der Waals surface area (Å²) in [5.41, 5.74) is 1.05. The van der Waals surface area contributed by atoms with Crippen molar-refractivity contribution in [3.63, 3.8) is 0 Å². The number of fused-ring (bicyclic) bond motifs is 1. The van der Waals surface area contributed by atoms with Crippen molar-refractivity contribution in [2.75, 3.05) is 7.11 Å². The average molecular weight is 309 g/mol. The van der Waals surface area contributed by atoms with E-state index in [-0.39, 0.29) is 0 Å². The Kier molecular flexibility index (Phi) is 3.18. The van der Waals surface area contributed by atoms with Gasteiger partial charge in [0, 0.05) is 16.8 Å². The topological polar surface area (TPSA) is 26.3 Å². The summed E-state index contributed by atoms with van der Waals surface area (Å²) in [5, 5.41) is 0. The highest BCUT2D eigenvalue weighted by atomic mass is 79.9. The van der Waals surface area contributed by atoms with Crippen molar-refractivity contribution in [1.29, 1.82) is 0 Å². The van der Waals surface area contributed by atoms with Crippen LogP contribution in [0.4, 0.5) is 0 Å². The van der Waals surface area contributed by atoms with E-state index in [4.69, 9.17) is 4.74 Å². The van der Waals surface area contributed by atoms with E-state index in [1.807, 2.05) is 18.2 Å². The number of halogens is 1. The predicted octanol–water partition coefficient (Wildman–Crippen LogP) is 3.62. The Morgan fingerprint density at radius 1 is 1.39 bits per heavy atom. The van der Waals surface area contributed by atoms with Crippen molar-refractivity contribution in [1.82, 2.24) is 0 Å². The second-order valence-corrected chi connectivity index (χ2v) is 6.24. The molecule has 96 valence electrons. The molecule has 0 spiro atoms. The maximum absolute atomic E-state index is 12.3. The van der Waals surface area contributed by atoms with Crippen molar-refractivity contribution in [3.05, 3.63) is 28.2 Å². The third-order valence-electron chi connectivity index (χ3n) is 4.40. The van der Waals surface area contributed by atoms with E-state index >= 15 is 0 Å². The third kappa shape index (κ3) is 2.09. The first-order valence-corrected chi connectivity index (χ1v) is 7.35. The maximum atomic E-state index is 12.3. The molecular formula is C15H17BrO2. The van der Waals surface area contributed by atoms with E-state index in [2.05, 4.69) is 15.9 Å². The first-order valence-electron chi connectivity index (χ1n) is 6.56. The molecule has 0 saturated heterocycles. The quantitative estimate of drug-likeness (QED) is 0.849. The third-order valence-corrected chi connectivity index (χ3v) is 5.17. The Labute approximate surface area is 116 Å². The van der Waals surface area contributed by atoms with Gasteiger partial charge in [-0.1, -0.05) is 22.4 Å². The van der Waals surface area contributed by atoms with Crippen LogP contribution in [0.3, 0.4) is 0 Å². The number of ether oxygens (including phenoxy) is 1. The second-order valence-electron chi connectivity index (χ2n) is 5.38. The summed E-state index contributed by atoms with van der Waals surface area (Å²) in [6.45, 7) is 0. The first-order chi connectivity index (χ1) is 8.70. The van der Waals surface area contributed by atoms with Crippen LogP contribution in [0.15, 0.2) is 22.7 Å². The standard InChI is InChI=1S/C15H17BrO2/c1-18-10-5-6-13(16)9(7-10)8-14(17)15-11-3-2-4-12(11)15/h5-7,11-12,15H,2-4,8H2,1H3. The number of methoxy groups -OCH3 is 1. The molecule has 0 N–H and O–H groups in total. The van der Waals surface area contributed by atoms with E-state index < -0.39 is 0 Å². The van der Waals surface area contributed by atoms with Crippen LogP contribution in [0.2, 0.25) is 0 Å². The van der Waals surface area contributed by atoms with Crippen LogP contribution in [0.25, 0.3) is 0 Å². The molecule has 1 aromatic rings. The molecule has 2 atom stereocenters. The van der Waals surface area contributed by atoms with Crippen LogP contribution >= 0.6 is 15.9 Å². The molecule has 2 aliphatic carbocycles. The number of Topliss-reactive ketones (excluding diaryl/α,β-unsaturated/α-hetero) is 1. The van der Waals surface area contributed by atoms with E-state index in [1.165, 1.54) is 19.3 Å². The van der Waals surface area contributed by atoms with Gasteiger partial charge in [-0.15, -0.1) is 0 Å². The minimum atomic E-state index is 0.358. The SMILES string of the molecule is COc1ccc(Br)c(CC(=O)C2C3CCCC32)c1. The number of ketones is 1. The number of hydrogen-bond donors (Lipinski definition) is 0. The zero-order valence-electron chi connectivity index (χ0n) is 10.5. The Hall–Kier alpha value is -0.830. The highest BCUT2D eigenvalue weighted by Gasteiger charge is 2.55. The van der Waals surface area contributed by atoms with E-state index in [1.54, 1.807) is 7.11 Å². The van der Waals surface area contributed by atoms with Crippen LogP contribution in [-0.2, 0) is 11.2 Å². The molecule has 3 heteroatoms. The number of carbonyl (C=O) groups excluding carboxylic acids is 1. The van der Waals surface area contributed by atoms with Crippen LogP contribution in [0.5, 0.6) is 5.75 Å². The highest BCUT2D eigenvalue weighted by Crippen LogP contribution is 2.58. The number of rotatable bonds is 4. The van der Waals surface area contributed by atoms with E-state index in [0.717, 1.165) is 15.8 Å². The minimum Gasteiger partial charge on any atom is -0.497 e. The summed E-state index contributed by atoms with van der Waals surface area (Å²) >= 11 is 3.51. The van der Waals surface area contributed by atoms with Gasteiger partial charge in [-0.2, -0.15) is 0 Å². The second kappa shape index (κ2) is 4.69. The molecule has 2 fully saturated rings. The van der Waals surface area contributed by atoms with Gasteiger partial charge in [0.1, 0.15) is 11.5 Å². The predicted molar refractivity (Wildman–Crippen MR) is 73.7 cm³/mol. The van der Waals surface area contributed by atoms with Crippen LogP contribution < -0.4 is 4.74 Å². The first kappa shape index (κ1) is 12.2. The molecule has 0 aromatic heterocycles. The molecule has 3 rings (SSSR count). The van der Waals surface area contributed by atoms with Gasteiger partial charge in [-0.25, -0.2) is 0 Å². The van der Waals surface area contributed by atoms with Gasteiger partial charge in [-0.3, -0.25) is 4.79 Å². The largest absolute Gasteiger partial charge is 0.497 e. The minimum absolute atomic E-state index is 0.358. The van der Waals surface area contributed by atoms with Gasteiger partial charge < -0.3 is 4.74 Å². The molecular weight excluding hydrogens is 292 g/mol. The Morgan fingerprint density at radius 3 is 2.78 bits per heavy atom. The number of carbonyl (C=O) groups is 1. The molecule has 0 aliphatic heterocycles. The maximum Gasteiger partial charge on any atom is 0.140 e. The zero-order chi connectivity index (χ0) is 12.7. The lowest BCUT2D eigenvalue weighted by atomic mass is 10.0. The van der Waals surface area contributed by atoms with Crippen molar-refractivity contribution in [3.8, 4) is 5.75 Å². The summed E-state index contributed by atoms with van der Waals surface area (Å²) in [5.74, 6) is 3.01. The summed E-state index contributed by atoms with van der Waals surface area (Å²) in [6.07, 6.45) is 4.39. The fraction of sp³-hybridized carbons (Fsp3) is 0.533. The van der Waals surface area contributed by atoms with Crippen LogP contribution in [0, 0.1) is 17.8 Å². The molecule has 2 saturated carbocycles. The van der Waals surface area contributed by atoms with Crippen LogP contribution in [0.1, 0.15) is 24.8 Å². The normalized spacial score (nSPS) is 28.9. The molecule has 2 nitrogen and oxygen atoms in total. The lowest BCUT2D eigenvalue weighted by Gasteiger charge is -2.07. The molecule has 0 amide bonds. The summed E-state index contributed by atoms with van der Waals surface area (Å²) in [6, 6.07) is 5.82. The molecule has 0 bridgehead atoms. The number of benzene rings is 1. The van der Waals surface area contributed by atoms with Crippen LogP contribution in [-0.4, -0.2) is 12.9 Å². The van der Waals surface area contributed by atoms with Crippen molar-refractivity contribution < 1.29 is 9.53 Å². The molecule has 2 unspecified atom stereocenters. The highest BCUT2D eigenvalue weighted by molar-refractivity contribution is 9.10. The van der Waals surface area contributed by atoms with Gasteiger partial charge in [0.25, 0.3) is 0 Å². The van der Waals surface area contributed by atoms with Gasteiger partial charge in [-0.05, 0) is 48.4 Å². The average Bonchev–Trinajstić information content (AvgIpc) is 2.86. The summed E-state index contributed by atoms with van der Waals surface area (Å²) in [7, 11) is 1.65. The zero-order valence-corrected chi connectivity index (χ0v) is 12.1. The fourth-order valence-electron chi connectivity index (χ4n) is 3.42. The smallest absolute Gasteiger partial charge is 0.140 e. The van der Waals surface area contributed by atoms with Gasteiger partial charge in [0.15, 0.2) is 0 Å². The molecule has 0 heterocycles. The summed E-state index contributed by atoms with van der Waals surface area (Å²) in [4.78, 5) is 12.3. The molecule has 1 aromatic carbocycles.